The summed E-state index contributed by atoms with van der Waals surface area (Å²) in [5.74, 6) is 1.32. The summed E-state index contributed by atoms with van der Waals surface area (Å²) in [5.41, 5.74) is 2.42. The molecule has 2 rings (SSSR count). The van der Waals surface area contributed by atoms with Gasteiger partial charge in [0.2, 0.25) is 0 Å². The highest BCUT2D eigenvalue weighted by Crippen LogP contribution is 2.33. The van der Waals surface area contributed by atoms with E-state index >= 15 is 0 Å². The van der Waals surface area contributed by atoms with Crippen LogP contribution < -0.4 is 4.90 Å². The van der Waals surface area contributed by atoms with Crippen molar-refractivity contribution < 1.29 is 4.55 Å². The van der Waals surface area contributed by atoms with Crippen LogP contribution in [-0.4, -0.2) is 48.4 Å². The van der Waals surface area contributed by atoms with Crippen molar-refractivity contribution in [3.05, 3.63) is 23.8 Å². The van der Waals surface area contributed by atoms with Crippen LogP contribution in [0.3, 0.4) is 0 Å². The summed E-state index contributed by atoms with van der Waals surface area (Å²) >= 11 is 4.86. The Bertz CT molecular complexity index is 448. The van der Waals surface area contributed by atoms with Crippen LogP contribution in [0.2, 0.25) is 0 Å². The molecule has 0 saturated carbocycles. The first-order valence-electron chi connectivity index (χ1n) is 7.09. The highest BCUT2D eigenvalue weighted by Gasteiger charge is 2.28. The first-order valence-corrected chi connectivity index (χ1v) is 8.94. The van der Waals surface area contributed by atoms with E-state index in [4.69, 9.17) is 11.6 Å². The van der Waals surface area contributed by atoms with Gasteiger partial charge in [0.25, 0.3) is 0 Å². The van der Waals surface area contributed by atoms with E-state index in [2.05, 4.69) is 35.0 Å². The lowest BCUT2D eigenvalue weighted by Crippen LogP contribution is -2.21. The van der Waals surface area contributed by atoms with E-state index in [1.54, 1.807) is 0 Å². The van der Waals surface area contributed by atoms with Crippen molar-refractivity contribution in [3.8, 4) is 0 Å². The van der Waals surface area contributed by atoms with E-state index < -0.39 is 11.2 Å². The third-order valence-electron chi connectivity index (χ3n) is 3.71. The van der Waals surface area contributed by atoms with Crippen molar-refractivity contribution in [1.29, 1.82) is 0 Å². The number of nitrogens with zero attached hydrogens (tertiary/aromatic N) is 2. The van der Waals surface area contributed by atoms with Crippen molar-refractivity contribution in [3.63, 3.8) is 0 Å². The van der Waals surface area contributed by atoms with E-state index in [9.17, 15) is 4.55 Å². The first-order chi connectivity index (χ1) is 9.61. The van der Waals surface area contributed by atoms with Crippen LogP contribution in [0, 0.1) is 0 Å². The van der Waals surface area contributed by atoms with E-state index in [-0.39, 0.29) is 12.4 Å². The number of rotatable bonds is 7. The van der Waals surface area contributed by atoms with Gasteiger partial charge in [0.15, 0.2) is 10.8 Å². The number of benzene rings is 1. The van der Waals surface area contributed by atoms with Crippen molar-refractivity contribution in [2.45, 2.75) is 24.2 Å². The van der Waals surface area contributed by atoms with E-state index in [1.807, 2.05) is 7.05 Å². The minimum atomic E-state index is -0.852. The van der Waals surface area contributed by atoms with E-state index in [0.29, 0.717) is 11.8 Å². The maximum absolute atomic E-state index is 12.0. The van der Waals surface area contributed by atoms with Crippen molar-refractivity contribution in [2.75, 3.05) is 43.8 Å². The van der Waals surface area contributed by atoms with Gasteiger partial charge < -0.3 is 14.4 Å². The zero-order valence-corrected chi connectivity index (χ0v) is 15.1. The fourth-order valence-electron chi connectivity index (χ4n) is 2.49. The molecular weight excluding hydrogens is 327 g/mol. The summed E-state index contributed by atoms with van der Waals surface area (Å²) in [5, 5.41) is 0. The van der Waals surface area contributed by atoms with Crippen LogP contribution in [0.1, 0.15) is 18.4 Å². The standard InChI is InChI=1S/C15H23ClN2OS.ClH/c1-17(10-8-16)9-4-3-5-13-6-7-14-15(11-13)20(19)12-18(14)2;/h6-7,11H,3-5,8-10,12H2,1-2H3;1H. The molecule has 0 bridgehead atoms. The summed E-state index contributed by atoms with van der Waals surface area (Å²) in [6, 6.07) is 6.40. The predicted molar refractivity (Wildman–Crippen MR) is 94.5 cm³/mol. The van der Waals surface area contributed by atoms with Gasteiger partial charge in [-0.05, 0) is 50.6 Å². The van der Waals surface area contributed by atoms with Gasteiger partial charge in [0, 0.05) is 30.6 Å². The van der Waals surface area contributed by atoms with Crippen molar-refractivity contribution in [1.82, 2.24) is 4.90 Å². The molecule has 0 spiro atoms. The Morgan fingerprint density at radius 1 is 1.33 bits per heavy atom. The Morgan fingerprint density at radius 3 is 2.81 bits per heavy atom. The molecule has 1 unspecified atom stereocenters. The molecule has 0 N–H and O–H groups in total. The number of hydrogen-bond donors (Lipinski definition) is 0. The number of hydrogen-bond acceptors (Lipinski definition) is 3. The van der Waals surface area contributed by atoms with Crippen LogP contribution in [0.25, 0.3) is 0 Å². The molecule has 1 aromatic rings. The summed E-state index contributed by atoms with van der Waals surface area (Å²) in [7, 11) is 4.10. The van der Waals surface area contributed by atoms with Crippen LogP contribution in [0.15, 0.2) is 23.1 Å². The number of fused-ring (bicyclic) bond motifs is 1. The smallest absolute Gasteiger partial charge is 0.183 e. The van der Waals surface area contributed by atoms with Gasteiger partial charge in [-0.2, -0.15) is 0 Å². The molecule has 1 heterocycles. The Morgan fingerprint density at radius 2 is 2.10 bits per heavy atom. The van der Waals surface area contributed by atoms with Crippen LogP contribution in [0.4, 0.5) is 5.69 Å². The number of anilines is 1. The molecule has 1 aromatic carbocycles. The molecular formula is C15H24Cl2N2OS. The average Bonchev–Trinajstić information content (AvgIpc) is 2.70. The Kier molecular flexibility index (Phi) is 8.21. The molecule has 1 aliphatic rings. The fraction of sp³-hybridized carbons (Fsp3) is 0.600. The number of alkyl halides is 1. The maximum Gasteiger partial charge on any atom is 0.183 e. The topological polar surface area (TPSA) is 29.5 Å². The predicted octanol–water partition coefficient (Wildman–Crippen LogP) is 3.12. The molecule has 120 valence electrons. The molecule has 0 fully saturated rings. The third kappa shape index (κ3) is 5.22. The van der Waals surface area contributed by atoms with E-state index in [1.165, 1.54) is 12.0 Å². The molecule has 6 heteroatoms. The third-order valence-corrected chi connectivity index (χ3v) is 5.32. The molecule has 0 radical (unpaired) electrons. The van der Waals surface area contributed by atoms with Gasteiger partial charge in [-0.15, -0.1) is 24.0 Å². The van der Waals surface area contributed by atoms with Crippen LogP contribution >= 0.6 is 24.0 Å². The van der Waals surface area contributed by atoms with Crippen LogP contribution in [0.5, 0.6) is 0 Å². The van der Waals surface area contributed by atoms with Gasteiger partial charge in [0.1, 0.15) is 0 Å². The lowest BCUT2D eigenvalue weighted by molar-refractivity contribution is 0.345. The zero-order valence-electron chi connectivity index (χ0n) is 12.7. The zero-order chi connectivity index (χ0) is 14.5. The lowest BCUT2D eigenvalue weighted by Gasteiger charge is -2.14. The van der Waals surface area contributed by atoms with E-state index in [0.717, 1.165) is 36.5 Å². The molecule has 1 aliphatic heterocycles. The maximum atomic E-state index is 12.0. The molecule has 1 atom stereocenters. The normalized spacial score (nSPS) is 17.0. The highest BCUT2D eigenvalue weighted by molar-refractivity contribution is 7.92. The summed E-state index contributed by atoms with van der Waals surface area (Å²) < 4.78 is 12.0. The molecule has 3 nitrogen and oxygen atoms in total. The molecule has 0 saturated heterocycles. The van der Waals surface area contributed by atoms with Crippen LogP contribution in [-0.2, 0) is 17.6 Å². The summed E-state index contributed by atoms with van der Waals surface area (Å²) in [6.45, 7) is 2.04. The molecule has 21 heavy (non-hydrogen) atoms. The Labute approximate surface area is 142 Å². The van der Waals surface area contributed by atoms with Crippen molar-refractivity contribution >= 4 is 40.9 Å². The molecule has 0 aliphatic carbocycles. The van der Waals surface area contributed by atoms with Gasteiger partial charge in [-0.3, -0.25) is 0 Å². The monoisotopic (exact) mass is 350 g/mol. The SMILES string of the molecule is CN(CCCl)CCCCc1ccc2c(c1)[S+]([O-])CN2C.Cl. The second kappa shape index (κ2) is 9.11. The van der Waals surface area contributed by atoms with Gasteiger partial charge in [0.05, 0.1) is 5.69 Å². The number of halogens is 2. The second-order valence-corrected chi connectivity index (χ2v) is 7.19. The lowest BCUT2D eigenvalue weighted by atomic mass is 10.1. The highest BCUT2D eigenvalue weighted by atomic mass is 35.5. The van der Waals surface area contributed by atoms with Gasteiger partial charge in [-0.1, -0.05) is 6.07 Å². The average molecular weight is 351 g/mol. The van der Waals surface area contributed by atoms with Gasteiger partial charge in [-0.25, -0.2) is 0 Å². The largest absolute Gasteiger partial charge is 0.610 e. The van der Waals surface area contributed by atoms with Gasteiger partial charge >= 0.3 is 0 Å². The number of unbranched alkanes of at least 4 members (excludes halogenated alkanes) is 1. The fourth-order valence-corrected chi connectivity index (χ4v) is 4.15. The number of aryl methyl sites for hydroxylation is 1. The minimum Gasteiger partial charge on any atom is -0.610 e. The second-order valence-electron chi connectivity index (χ2n) is 5.42. The summed E-state index contributed by atoms with van der Waals surface area (Å²) in [6.07, 6.45) is 3.39. The molecule has 0 aromatic heterocycles. The Hall–Kier alpha value is -0.130. The first kappa shape index (κ1) is 18.9. The Balaban J connectivity index is 0.00000220. The minimum absolute atomic E-state index is 0. The quantitative estimate of drug-likeness (QED) is 0.429. The summed E-state index contributed by atoms with van der Waals surface area (Å²) in [4.78, 5) is 5.33. The van der Waals surface area contributed by atoms with Crippen molar-refractivity contribution in [2.24, 2.45) is 0 Å². The molecule has 0 amide bonds.